The van der Waals surface area contributed by atoms with E-state index in [0.717, 1.165) is 11.1 Å². The quantitative estimate of drug-likeness (QED) is 0.809. The van der Waals surface area contributed by atoms with E-state index in [9.17, 15) is 4.79 Å². The van der Waals surface area contributed by atoms with Gasteiger partial charge in [0.25, 0.3) is 5.91 Å². The topological polar surface area (TPSA) is 56.0 Å². The molecule has 4 heteroatoms. The Morgan fingerprint density at radius 3 is 2.50 bits per heavy atom. The Bertz CT molecular complexity index is 526. The molecule has 1 amide bonds. The fourth-order valence-electron chi connectivity index (χ4n) is 1.41. The monoisotopic (exact) mass is 232 g/mol. The van der Waals surface area contributed by atoms with Gasteiger partial charge in [0.2, 0.25) is 0 Å². The summed E-state index contributed by atoms with van der Waals surface area (Å²) in [6.45, 7) is 0. The van der Waals surface area contributed by atoms with Crippen LogP contribution in [0.1, 0.15) is 10.4 Å². The Kier molecular flexibility index (Phi) is 2.88. The molecule has 0 aliphatic rings. The van der Waals surface area contributed by atoms with E-state index in [2.05, 4.69) is 4.98 Å². The number of hydrogen-bond donors (Lipinski definition) is 1. The summed E-state index contributed by atoms with van der Waals surface area (Å²) in [5, 5.41) is 0.132. The van der Waals surface area contributed by atoms with Crippen LogP contribution >= 0.6 is 11.6 Å². The first-order valence-electron chi connectivity index (χ1n) is 4.69. The van der Waals surface area contributed by atoms with Crippen LogP contribution in [0, 0.1) is 0 Å². The van der Waals surface area contributed by atoms with Crippen molar-refractivity contribution in [3.05, 3.63) is 53.3 Å². The SMILES string of the molecule is NC(=O)c1cc(-c2ccccc2)cnc1Cl. The van der Waals surface area contributed by atoms with Crippen LogP contribution < -0.4 is 5.73 Å². The van der Waals surface area contributed by atoms with Crippen molar-refractivity contribution in [2.45, 2.75) is 0 Å². The third-order valence-electron chi connectivity index (χ3n) is 2.21. The minimum absolute atomic E-state index is 0.132. The number of benzene rings is 1. The second-order valence-corrected chi connectivity index (χ2v) is 3.65. The first-order chi connectivity index (χ1) is 7.68. The minimum atomic E-state index is -0.574. The predicted octanol–water partition coefficient (Wildman–Crippen LogP) is 2.50. The van der Waals surface area contributed by atoms with Crippen LogP contribution in [0.4, 0.5) is 0 Å². The van der Waals surface area contributed by atoms with Crippen molar-refractivity contribution < 1.29 is 4.79 Å². The molecule has 1 aromatic carbocycles. The van der Waals surface area contributed by atoms with Gasteiger partial charge in [-0.3, -0.25) is 4.79 Å². The van der Waals surface area contributed by atoms with Gasteiger partial charge in [0.1, 0.15) is 5.15 Å². The molecule has 0 atom stereocenters. The van der Waals surface area contributed by atoms with Gasteiger partial charge in [0.15, 0.2) is 0 Å². The maximum absolute atomic E-state index is 11.1. The molecule has 0 spiro atoms. The largest absolute Gasteiger partial charge is 0.366 e. The Hall–Kier alpha value is -1.87. The van der Waals surface area contributed by atoms with Gasteiger partial charge in [-0.25, -0.2) is 4.98 Å². The van der Waals surface area contributed by atoms with E-state index in [0.29, 0.717) is 0 Å². The van der Waals surface area contributed by atoms with Crippen molar-refractivity contribution >= 4 is 17.5 Å². The van der Waals surface area contributed by atoms with Gasteiger partial charge in [-0.15, -0.1) is 0 Å². The Balaban J connectivity index is 2.52. The molecule has 3 nitrogen and oxygen atoms in total. The number of amides is 1. The molecule has 2 rings (SSSR count). The van der Waals surface area contributed by atoms with E-state index in [1.54, 1.807) is 12.3 Å². The lowest BCUT2D eigenvalue weighted by Crippen LogP contribution is -2.12. The van der Waals surface area contributed by atoms with Crippen LogP contribution in [-0.4, -0.2) is 10.9 Å². The molecule has 0 unspecified atom stereocenters. The van der Waals surface area contributed by atoms with Crippen molar-refractivity contribution in [3.63, 3.8) is 0 Å². The van der Waals surface area contributed by atoms with Gasteiger partial charge < -0.3 is 5.73 Å². The van der Waals surface area contributed by atoms with E-state index in [1.807, 2.05) is 30.3 Å². The molecule has 0 saturated heterocycles. The molecular weight excluding hydrogens is 224 g/mol. The van der Waals surface area contributed by atoms with Gasteiger partial charge >= 0.3 is 0 Å². The van der Waals surface area contributed by atoms with Crippen LogP contribution in [0.15, 0.2) is 42.6 Å². The summed E-state index contributed by atoms with van der Waals surface area (Å²) < 4.78 is 0. The van der Waals surface area contributed by atoms with Crippen LogP contribution in [0.2, 0.25) is 5.15 Å². The summed E-state index contributed by atoms with van der Waals surface area (Å²) in [4.78, 5) is 15.0. The van der Waals surface area contributed by atoms with Crippen LogP contribution in [0.3, 0.4) is 0 Å². The highest BCUT2D eigenvalue weighted by molar-refractivity contribution is 6.32. The molecule has 1 aromatic heterocycles. The Morgan fingerprint density at radius 1 is 1.19 bits per heavy atom. The van der Waals surface area contributed by atoms with Crippen LogP contribution in [0.5, 0.6) is 0 Å². The molecule has 0 aliphatic carbocycles. The molecule has 2 aromatic rings. The van der Waals surface area contributed by atoms with Crippen molar-refractivity contribution in [2.24, 2.45) is 5.73 Å². The second-order valence-electron chi connectivity index (χ2n) is 3.29. The van der Waals surface area contributed by atoms with Gasteiger partial charge in [0.05, 0.1) is 5.56 Å². The van der Waals surface area contributed by atoms with E-state index in [4.69, 9.17) is 17.3 Å². The van der Waals surface area contributed by atoms with E-state index in [1.165, 1.54) is 0 Å². The molecular formula is C12H9ClN2O. The fourth-order valence-corrected chi connectivity index (χ4v) is 1.61. The highest BCUT2D eigenvalue weighted by atomic mass is 35.5. The fraction of sp³-hybridized carbons (Fsp3) is 0. The smallest absolute Gasteiger partial charge is 0.251 e. The number of halogens is 1. The number of carbonyl (C=O) groups is 1. The number of nitrogens with zero attached hydrogens (tertiary/aromatic N) is 1. The lowest BCUT2D eigenvalue weighted by Gasteiger charge is -2.04. The highest BCUT2D eigenvalue weighted by Crippen LogP contribution is 2.22. The Labute approximate surface area is 97.9 Å². The number of aromatic nitrogens is 1. The third-order valence-corrected chi connectivity index (χ3v) is 2.51. The zero-order chi connectivity index (χ0) is 11.5. The maximum atomic E-state index is 11.1. The Morgan fingerprint density at radius 2 is 1.88 bits per heavy atom. The second kappa shape index (κ2) is 4.33. The summed E-state index contributed by atoms with van der Waals surface area (Å²) >= 11 is 5.77. The molecule has 0 radical (unpaired) electrons. The third kappa shape index (κ3) is 2.04. The van der Waals surface area contributed by atoms with Gasteiger partial charge in [-0.05, 0) is 11.6 Å². The van der Waals surface area contributed by atoms with Crippen molar-refractivity contribution in [1.82, 2.24) is 4.98 Å². The molecule has 0 aliphatic heterocycles. The number of pyridine rings is 1. The zero-order valence-corrected chi connectivity index (χ0v) is 9.11. The molecule has 1 heterocycles. The first kappa shape index (κ1) is 10.6. The molecule has 16 heavy (non-hydrogen) atoms. The molecule has 0 fully saturated rings. The zero-order valence-electron chi connectivity index (χ0n) is 8.35. The number of hydrogen-bond acceptors (Lipinski definition) is 2. The summed E-state index contributed by atoms with van der Waals surface area (Å²) in [5.74, 6) is -0.574. The maximum Gasteiger partial charge on any atom is 0.251 e. The highest BCUT2D eigenvalue weighted by Gasteiger charge is 2.09. The van der Waals surface area contributed by atoms with E-state index >= 15 is 0 Å². The molecule has 80 valence electrons. The molecule has 2 N–H and O–H groups in total. The van der Waals surface area contributed by atoms with Crippen molar-refractivity contribution in [1.29, 1.82) is 0 Å². The number of carbonyl (C=O) groups excluding carboxylic acids is 1. The number of nitrogens with two attached hydrogens (primary N) is 1. The summed E-state index contributed by atoms with van der Waals surface area (Å²) in [5.41, 5.74) is 7.22. The number of primary amides is 1. The van der Waals surface area contributed by atoms with Gasteiger partial charge in [0, 0.05) is 11.8 Å². The lowest BCUT2D eigenvalue weighted by molar-refractivity contribution is 0.1000. The van der Waals surface area contributed by atoms with Crippen LogP contribution in [-0.2, 0) is 0 Å². The average Bonchev–Trinajstić information content (AvgIpc) is 2.30. The number of rotatable bonds is 2. The predicted molar refractivity (Wildman–Crippen MR) is 63.2 cm³/mol. The summed E-state index contributed by atoms with van der Waals surface area (Å²) in [6.07, 6.45) is 1.62. The van der Waals surface area contributed by atoms with Crippen molar-refractivity contribution in [3.8, 4) is 11.1 Å². The standard InChI is InChI=1S/C12H9ClN2O/c13-11-10(12(14)16)6-9(7-15-11)8-4-2-1-3-5-8/h1-7H,(H2,14,16). The molecule has 0 bridgehead atoms. The van der Waals surface area contributed by atoms with Crippen molar-refractivity contribution in [2.75, 3.05) is 0 Å². The lowest BCUT2D eigenvalue weighted by atomic mass is 10.1. The summed E-state index contributed by atoms with van der Waals surface area (Å²) in [7, 11) is 0. The summed E-state index contributed by atoms with van der Waals surface area (Å²) in [6, 6.07) is 11.2. The van der Waals surface area contributed by atoms with Gasteiger partial charge in [-0.2, -0.15) is 0 Å². The normalized spacial score (nSPS) is 10.1. The first-order valence-corrected chi connectivity index (χ1v) is 5.07. The van der Waals surface area contributed by atoms with E-state index < -0.39 is 5.91 Å². The average molecular weight is 233 g/mol. The van der Waals surface area contributed by atoms with Crippen LogP contribution in [0.25, 0.3) is 11.1 Å². The minimum Gasteiger partial charge on any atom is -0.366 e. The molecule has 0 saturated carbocycles. The van der Waals surface area contributed by atoms with Gasteiger partial charge in [-0.1, -0.05) is 41.9 Å². The van der Waals surface area contributed by atoms with E-state index in [-0.39, 0.29) is 10.7 Å².